The SMILES string of the molecule is C[C@@H](N1CCN(c2ccc(-n3cnnn3)cc2)C1=O)[C@@](O)(CN1CN(COC(=O)OCCCC(=O)OCc2ccccc2)[C+]=N1)c1ccc(F)cc1F.[I-]. The fraction of sp³-hybridized carbons (Fsp3) is 0.343. The van der Waals surface area contributed by atoms with Crippen molar-refractivity contribution >= 4 is 30.2 Å². The number of tetrazole rings is 1. The molecule has 0 unspecified atom stereocenters. The van der Waals surface area contributed by atoms with Gasteiger partial charge in [0.1, 0.15) is 35.3 Å². The summed E-state index contributed by atoms with van der Waals surface area (Å²) in [5, 5.41) is 28.8. The van der Waals surface area contributed by atoms with E-state index in [9.17, 15) is 23.9 Å². The van der Waals surface area contributed by atoms with Crippen LogP contribution in [0.25, 0.3) is 5.69 Å². The Labute approximate surface area is 325 Å². The van der Waals surface area contributed by atoms with Gasteiger partial charge in [-0.2, -0.15) is 0 Å². The van der Waals surface area contributed by atoms with Crippen LogP contribution < -0.4 is 28.9 Å². The van der Waals surface area contributed by atoms with Gasteiger partial charge in [0, 0.05) is 36.8 Å². The number of rotatable bonds is 15. The summed E-state index contributed by atoms with van der Waals surface area (Å²) in [6.45, 7) is 1.45. The Morgan fingerprint density at radius 1 is 1.00 bits per heavy atom. The van der Waals surface area contributed by atoms with Crippen LogP contribution >= 0.6 is 0 Å². The lowest BCUT2D eigenvalue weighted by Crippen LogP contribution is -3.00. The lowest BCUT2D eigenvalue weighted by Gasteiger charge is -2.40. The minimum Gasteiger partial charge on any atom is -1.00 e. The highest BCUT2D eigenvalue weighted by Gasteiger charge is 2.48. The molecule has 3 aromatic carbocycles. The first-order valence-electron chi connectivity index (χ1n) is 16.7. The molecule has 1 fully saturated rings. The smallest absolute Gasteiger partial charge is 0.547 e. The first kappa shape index (κ1) is 39.7. The van der Waals surface area contributed by atoms with Gasteiger partial charge < -0.3 is 48.2 Å². The van der Waals surface area contributed by atoms with Crippen LogP contribution in [0.2, 0.25) is 0 Å². The topological polar surface area (TPSA) is 168 Å². The molecule has 19 heteroatoms. The molecule has 54 heavy (non-hydrogen) atoms. The number of nitrogens with zero attached hydrogens (tertiary/aromatic N) is 9. The molecular weight excluding hydrogens is 823 g/mol. The van der Waals surface area contributed by atoms with Crippen LogP contribution in [0.3, 0.4) is 0 Å². The zero-order valence-corrected chi connectivity index (χ0v) is 31.2. The van der Waals surface area contributed by atoms with E-state index >= 15 is 4.39 Å². The Morgan fingerprint density at radius 2 is 1.76 bits per heavy atom. The van der Waals surface area contributed by atoms with E-state index in [1.54, 1.807) is 31.2 Å². The third-order valence-corrected chi connectivity index (χ3v) is 8.78. The average Bonchev–Trinajstić information content (AvgIpc) is 3.94. The van der Waals surface area contributed by atoms with Crippen molar-refractivity contribution in [1.82, 2.24) is 35.0 Å². The number of anilines is 1. The summed E-state index contributed by atoms with van der Waals surface area (Å²) in [5.41, 5.74) is -0.187. The van der Waals surface area contributed by atoms with Crippen molar-refractivity contribution in [1.29, 1.82) is 0 Å². The molecule has 1 aromatic heterocycles. The van der Waals surface area contributed by atoms with Crippen LogP contribution in [0, 0.1) is 11.6 Å². The molecule has 2 atom stereocenters. The summed E-state index contributed by atoms with van der Waals surface area (Å²) in [5.74, 6) is -2.26. The van der Waals surface area contributed by atoms with Crippen LogP contribution in [-0.2, 0) is 31.2 Å². The van der Waals surface area contributed by atoms with E-state index in [-0.39, 0.29) is 88.6 Å². The Kier molecular flexibility index (Phi) is 13.2. The molecule has 0 saturated carbocycles. The Morgan fingerprint density at radius 3 is 2.48 bits per heavy atom. The maximum Gasteiger partial charge on any atom is 0.547 e. The lowest BCUT2D eigenvalue weighted by atomic mass is 9.85. The van der Waals surface area contributed by atoms with E-state index in [1.807, 2.05) is 30.3 Å². The van der Waals surface area contributed by atoms with Crippen LogP contribution in [0.15, 0.2) is 84.2 Å². The predicted molar refractivity (Wildman–Crippen MR) is 182 cm³/mol. The van der Waals surface area contributed by atoms with E-state index in [0.29, 0.717) is 17.4 Å². The second-order valence-corrected chi connectivity index (χ2v) is 12.3. The number of β-amino-alcohol motifs (C(OH)–C–C–N with tert-alkyl or cyclic N) is 1. The Balaban J connectivity index is 0.00000561. The summed E-state index contributed by atoms with van der Waals surface area (Å²) < 4.78 is 46.1. The zero-order chi connectivity index (χ0) is 37.4. The molecule has 2 aliphatic heterocycles. The Bertz CT molecular complexity index is 1910. The first-order chi connectivity index (χ1) is 25.6. The molecule has 2 aliphatic rings. The number of carbonyl (C=O) groups excluding carboxylic acids is 3. The Hall–Kier alpha value is -5.53. The van der Waals surface area contributed by atoms with Crippen molar-refractivity contribution in [2.45, 2.75) is 38.0 Å². The molecule has 1 N–H and O–H groups in total. The number of aliphatic hydroxyl groups is 1. The van der Waals surface area contributed by atoms with Gasteiger partial charge in [0.25, 0.3) is 0 Å². The minimum atomic E-state index is -2.09. The largest absolute Gasteiger partial charge is 1.00 e. The molecule has 3 heterocycles. The molecule has 0 bridgehead atoms. The number of benzene rings is 3. The second-order valence-electron chi connectivity index (χ2n) is 12.3. The van der Waals surface area contributed by atoms with Crippen LogP contribution in [0.4, 0.5) is 24.1 Å². The molecule has 284 valence electrons. The molecule has 4 aromatic rings. The highest BCUT2D eigenvalue weighted by atomic mass is 127. The lowest BCUT2D eigenvalue weighted by molar-refractivity contribution is -0.145. The fourth-order valence-corrected chi connectivity index (χ4v) is 5.93. The molecule has 2 amide bonds. The second kappa shape index (κ2) is 18.0. The van der Waals surface area contributed by atoms with Gasteiger partial charge in [0.05, 0.1) is 24.9 Å². The first-order valence-corrected chi connectivity index (χ1v) is 16.7. The van der Waals surface area contributed by atoms with Crippen LogP contribution in [-0.4, -0.2) is 110 Å². The number of hydrogen-bond donors (Lipinski definition) is 1. The third-order valence-electron chi connectivity index (χ3n) is 8.78. The standard InChI is InChI=1S/C35H36F2N9O7.HI/c1-25(44-15-16-45(33(44)48)28-10-12-29(13-11-28)46-21-38-40-41-46)35(50,30-14-9-27(36)18-31(30)37)20-43-23-42(22-39-43)24-53-34(49)51-17-5-8-32(47)52-19-26-6-3-2-4-7-26;/h2-4,6-7,9-14,18,21,25,50H,5,8,15-17,19-20,23-24H2,1H3;1H/q+1;/p-1/t25-,35+;/m1./s1. The van der Waals surface area contributed by atoms with Crippen molar-refractivity contribution in [2.75, 3.05) is 44.5 Å². The van der Waals surface area contributed by atoms with Crippen molar-refractivity contribution in [2.24, 2.45) is 5.10 Å². The number of halogens is 3. The maximum absolute atomic E-state index is 15.3. The molecule has 0 spiro atoms. The molecular formula is C35H36F2IN9O7. The van der Waals surface area contributed by atoms with Gasteiger partial charge >= 0.3 is 24.5 Å². The number of ether oxygens (including phenoxy) is 3. The summed E-state index contributed by atoms with van der Waals surface area (Å²) in [6, 6.07) is 17.6. The van der Waals surface area contributed by atoms with E-state index in [1.165, 1.54) is 30.7 Å². The normalized spacial score (nSPS) is 15.4. The number of amides is 2. The van der Waals surface area contributed by atoms with E-state index in [2.05, 4.69) is 27.0 Å². The van der Waals surface area contributed by atoms with E-state index in [4.69, 9.17) is 14.2 Å². The molecule has 0 aliphatic carbocycles. The van der Waals surface area contributed by atoms with Gasteiger partial charge in [0.15, 0.2) is 6.67 Å². The number of esters is 1. The molecule has 0 radical (unpaired) electrons. The van der Waals surface area contributed by atoms with Gasteiger partial charge in [-0.1, -0.05) is 41.3 Å². The zero-order valence-electron chi connectivity index (χ0n) is 29.0. The molecule has 1 saturated heterocycles. The minimum absolute atomic E-state index is 0. The fourth-order valence-electron chi connectivity index (χ4n) is 5.93. The van der Waals surface area contributed by atoms with Gasteiger partial charge in [-0.05, 0) is 59.7 Å². The number of hydrazone groups is 1. The summed E-state index contributed by atoms with van der Waals surface area (Å²) >= 11 is 0. The number of carbonyl (C=O) groups is 3. The number of hydrogen-bond acceptors (Lipinski definition) is 13. The molecule has 6 rings (SSSR count). The van der Waals surface area contributed by atoms with Gasteiger partial charge in [-0.15, -0.1) is 5.10 Å². The highest BCUT2D eigenvalue weighted by molar-refractivity contribution is 5.94. The summed E-state index contributed by atoms with van der Waals surface area (Å²) in [7, 11) is 0. The van der Waals surface area contributed by atoms with Crippen molar-refractivity contribution in [3.05, 3.63) is 102 Å². The van der Waals surface area contributed by atoms with Crippen LogP contribution in [0.1, 0.15) is 30.9 Å². The van der Waals surface area contributed by atoms with Crippen molar-refractivity contribution in [3.63, 3.8) is 0 Å². The number of urea groups is 1. The monoisotopic (exact) mass is 859 g/mol. The average molecular weight is 860 g/mol. The highest BCUT2D eigenvalue weighted by Crippen LogP contribution is 2.35. The molecule has 16 nitrogen and oxygen atoms in total. The van der Waals surface area contributed by atoms with E-state index in [0.717, 1.165) is 17.7 Å². The van der Waals surface area contributed by atoms with Gasteiger partial charge in [0.2, 0.25) is 6.73 Å². The predicted octanol–water partition coefficient (Wildman–Crippen LogP) is 0.493. The summed E-state index contributed by atoms with van der Waals surface area (Å²) in [6.07, 6.45) is 3.39. The van der Waals surface area contributed by atoms with E-state index < -0.39 is 41.4 Å². The summed E-state index contributed by atoms with van der Waals surface area (Å²) in [4.78, 5) is 42.2. The third kappa shape index (κ3) is 9.52. The van der Waals surface area contributed by atoms with Crippen molar-refractivity contribution in [3.8, 4) is 5.69 Å². The van der Waals surface area contributed by atoms with Crippen LogP contribution in [0.5, 0.6) is 0 Å². The van der Waals surface area contributed by atoms with Gasteiger partial charge in [-0.25, -0.2) is 28.1 Å². The number of aromatic nitrogens is 4. The maximum atomic E-state index is 15.3. The van der Waals surface area contributed by atoms with Gasteiger partial charge in [-0.3, -0.25) is 9.69 Å². The quantitative estimate of drug-likeness (QED) is 0.0763. The van der Waals surface area contributed by atoms with Crippen molar-refractivity contribution < 1.29 is 66.5 Å².